The van der Waals surface area contributed by atoms with Crippen molar-refractivity contribution in [2.45, 2.75) is 16.7 Å². The number of hydrogen-bond donors (Lipinski definition) is 1. The van der Waals surface area contributed by atoms with E-state index in [0.29, 0.717) is 0 Å². The molecule has 0 aliphatic carbocycles. The summed E-state index contributed by atoms with van der Waals surface area (Å²) in [5.41, 5.74) is 0. The van der Waals surface area contributed by atoms with Crippen molar-refractivity contribution < 1.29 is 4.79 Å². The fourth-order valence-electron chi connectivity index (χ4n) is 1.53. The van der Waals surface area contributed by atoms with Crippen molar-refractivity contribution in [3.05, 3.63) is 36.4 Å². The predicted molar refractivity (Wildman–Crippen MR) is 67.7 cm³/mol. The first-order valence-corrected chi connectivity index (χ1v) is 5.84. The molecule has 0 aromatic heterocycles. The van der Waals surface area contributed by atoms with Crippen molar-refractivity contribution in [2.24, 2.45) is 0 Å². The SMILES string of the molecule is CC(=O)Sc1cccc2cccc(S)c12. The van der Waals surface area contributed by atoms with E-state index in [4.69, 9.17) is 0 Å². The van der Waals surface area contributed by atoms with Crippen LogP contribution in [0.15, 0.2) is 46.2 Å². The molecule has 2 aromatic carbocycles. The Morgan fingerprint density at radius 1 is 1.20 bits per heavy atom. The van der Waals surface area contributed by atoms with Gasteiger partial charge in [-0.3, -0.25) is 4.79 Å². The largest absolute Gasteiger partial charge is 0.287 e. The maximum Gasteiger partial charge on any atom is 0.190 e. The van der Waals surface area contributed by atoms with Crippen LogP contribution in [0.5, 0.6) is 0 Å². The topological polar surface area (TPSA) is 17.1 Å². The molecular weight excluding hydrogens is 224 g/mol. The molecular formula is C12H10OS2. The number of benzene rings is 2. The second-order valence-corrected chi connectivity index (χ2v) is 4.93. The van der Waals surface area contributed by atoms with Crippen LogP contribution in [0.25, 0.3) is 10.8 Å². The Morgan fingerprint density at radius 2 is 1.87 bits per heavy atom. The molecule has 0 saturated carbocycles. The van der Waals surface area contributed by atoms with Crippen LogP contribution in [0.4, 0.5) is 0 Å². The zero-order valence-corrected chi connectivity index (χ0v) is 9.94. The third-order valence-electron chi connectivity index (χ3n) is 2.10. The molecule has 1 nitrogen and oxygen atoms in total. The van der Waals surface area contributed by atoms with Gasteiger partial charge in [0.05, 0.1) is 0 Å². The number of fused-ring (bicyclic) bond motifs is 1. The number of carbonyl (C=O) groups excluding carboxylic acids is 1. The zero-order valence-electron chi connectivity index (χ0n) is 8.23. The highest BCUT2D eigenvalue weighted by Gasteiger charge is 2.06. The van der Waals surface area contributed by atoms with Gasteiger partial charge in [0, 0.05) is 22.1 Å². The molecule has 0 heterocycles. The molecule has 0 spiro atoms. The van der Waals surface area contributed by atoms with Crippen molar-refractivity contribution >= 4 is 40.3 Å². The summed E-state index contributed by atoms with van der Waals surface area (Å²) in [6, 6.07) is 11.9. The van der Waals surface area contributed by atoms with E-state index >= 15 is 0 Å². The summed E-state index contributed by atoms with van der Waals surface area (Å²) in [5, 5.41) is 2.27. The van der Waals surface area contributed by atoms with Gasteiger partial charge in [-0.15, -0.1) is 12.6 Å². The first kappa shape index (κ1) is 10.6. The molecule has 0 unspecified atom stereocenters. The van der Waals surface area contributed by atoms with Gasteiger partial charge in [0.2, 0.25) is 0 Å². The zero-order chi connectivity index (χ0) is 10.8. The molecule has 0 radical (unpaired) electrons. The van der Waals surface area contributed by atoms with Gasteiger partial charge in [-0.2, -0.15) is 0 Å². The highest BCUT2D eigenvalue weighted by Crippen LogP contribution is 2.32. The van der Waals surface area contributed by atoms with Gasteiger partial charge >= 0.3 is 0 Å². The lowest BCUT2D eigenvalue weighted by Crippen LogP contribution is -1.84. The van der Waals surface area contributed by atoms with E-state index in [1.807, 2.05) is 36.4 Å². The summed E-state index contributed by atoms with van der Waals surface area (Å²) >= 11 is 5.67. The van der Waals surface area contributed by atoms with E-state index in [2.05, 4.69) is 12.6 Å². The van der Waals surface area contributed by atoms with Gasteiger partial charge < -0.3 is 0 Å². The third kappa shape index (κ3) is 2.19. The van der Waals surface area contributed by atoms with Crippen LogP contribution in [-0.2, 0) is 4.79 Å². The van der Waals surface area contributed by atoms with Crippen molar-refractivity contribution in [2.75, 3.05) is 0 Å². The van der Waals surface area contributed by atoms with E-state index in [9.17, 15) is 4.79 Å². The highest BCUT2D eigenvalue weighted by molar-refractivity contribution is 8.13. The smallest absolute Gasteiger partial charge is 0.190 e. The predicted octanol–water partition coefficient (Wildman–Crippen LogP) is 3.77. The summed E-state index contributed by atoms with van der Waals surface area (Å²) in [5.74, 6) is 0. The molecule has 2 rings (SSSR count). The number of carbonyl (C=O) groups is 1. The fourth-order valence-corrected chi connectivity index (χ4v) is 2.72. The lowest BCUT2D eigenvalue weighted by molar-refractivity contribution is -0.109. The second-order valence-electron chi connectivity index (χ2n) is 3.23. The molecule has 0 fully saturated rings. The molecule has 0 aliphatic heterocycles. The third-order valence-corrected chi connectivity index (χ3v) is 3.32. The Hall–Kier alpha value is -0.930. The Labute approximate surface area is 98.3 Å². The van der Waals surface area contributed by atoms with Crippen molar-refractivity contribution in [1.82, 2.24) is 0 Å². The maximum absolute atomic E-state index is 11.1. The van der Waals surface area contributed by atoms with Crippen LogP contribution >= 0.6 is 24.4 Å². The minimum Gasteiger partial charge on any atom is -0.287 e. The van der Waals surface area contributed by atoms with Crippen molar-refractivity contribution in [3.63, 3.8) is 0 Å². The summed E-state index contributed by atoms with van der Waals surface area (Å²) in [6.45, 7) is 1.57. The molecule has 0 N–H and O–H groups in total. The first-order chi connectivity index (χ1) is 7.18. The van der Waals surface area contributed by atoms with E-state index in [0.717, 1.165) is 20.6 Å². The molecule has 0 saturated heterocycles. The number of rotatable bonds is 1. The lowest BCUT2D eigenvalue weighted by Gasteiger charge is -2.06. The molecule has 0 atom stereocenters. The number of thiol groups is 1. The molecule has 76 valence electrons. The highest BCUT2D eigenvalue weighted by atomic mass is 32.2. The quantitative estimate of drug-likeness (QED) is 0.597. The van der Waals surface area contributed by atoms with Crippen LogP contribution < -0.4 is 0 Å². The van der Waals surface area contributed by atoms with Gasteiger partial charge in [0.15, 0.2) is 5.12 Å². The summed E-state index contributed by atoms with van der Waals surface area (Å²) in [4.78, 5) is 13.0. The van der Waals surface area contributed by atoms with E-state index in [-0.39, 0.29) is 5.12 Å². The maximum atomic E-state index is 11.1. The first-order valence-electron chi connectivity index (χ1n) is 4.57. The minimum absolute atomic E-state index is 0.0964. The van der Waals surface area contributed by atoms with E-state index in [1.54, 1.807) is 6.92 Å². The van der Waals surface area contributed by atoms with Crippen molar-refractivity contribution in [1.29, 1.82) is 0 Å². The van der Waals surface area contributed by atoms with Crippen LogP contribution in [0, 0.1) is 0 Å². The van der Waals surface area contributed by atoms with Crippen LogP contribution in [0.1, 0.15) is 6.92 Å². The van der Waals surface area contributed by atoms with Crippen molar-refractivity contribution in [3.8, 4) is 0 Å². The second kappa shape index (κ2) is 4.29. The molecule has 15 heavy (non-hydrogen) atoms. The monoisotopic (exact) mass is 234 g/mol. The lowest BCUT2D eigenvalue weighted by atomic mass is 10.1. The number of thioether (sulfide) groups is 1. The normalized spacial score (nSPS) is 10.5. The molecule has 3 heteroatoms. The Bertz CT molecular complexity index is 515. The molecule has 0 bridgehead atoms. The van der Waals surface area contributed by atoms with Crippen LogP contribution in [-0.4, -0.2) is 5.12 Å². The Morgan fingerprint density at radius 3 is 2.53 bits per heavy atom. The fraction of sp³-hybridized carbons (Fsp3) is 0.0833. The van der Waals surface area contributed by atoms with E-state index in [1.165, 1.54) is 11.8 Å². The van der Waals surface area contributed by atoms with Gasteiger partial charge in [-0.25, -0.2) is 0 Å². The average molecular weight is 234 g/mol. The summed E-state index contributed by atoms with van der Waals surface area (Å²) < 4.78 is 0. The van der Waals surface area contributed by atoms with Gasteiger partial charge in [-0.1, -0.05) is 36.0 Å². The van der Waals surface area contributed by atoms with Crippen LogP contribution in [0.2, 0.25) is 0 Å². The van der Waals surface area contributed by atoms with Gasteiger partial charge in [-0.05, 0) is 17.5 Å². The average Bonchev–Trinajstić information content (AvgIpc) is 2.17. The molecule has 2 aromatic rings. The molecule has 0 amide bonds. The summed E-state index contributed by atoms with van der Waals surface area (Å²) in [6.07, 6.45) is 0. The van der Waals surface area contributed by atoms with E-state index < -0.39 is 0 Å². The Balaban J connectivity index is 2.68. The Kier molecular flexibility index (Phi) is 3.03. The number of hydrogen-bond acceptors (Lipinski definition) is 3. The van der Waals surface area contributed by atoms with Crippen LogP contribution in [0.3, 0.4) is 0 Å². The van der Waals surface area contributed by atoms with Gasteiger partial charge in [0.1, 0.15) is 0 Å². The molecule has 0 aliphatic rings. The standard InChI is InChI=1S/C12H10OS2/c1-8(13)15-11-7-3-5-9-4-2-6-10(14)12(9)11/h2-7,14H,1H3. The minimum atomic E-state index is 0.0964. The van der Waals surface area contributed by atoms with Gasteiger partial charge in [0.25, 0.3) is 0 Å². The summed E-state index contributed by atoms with van der Waals surface area (Å²) in [7, 11) is 0.